The van der Waals surface area contributed by atoms with Crippen molar-refractivity contribution in [2.24, 2.45) is 0 Å². The molecule has 2 rings (SSSR count). The number of esters is 1. The van der Waals surface area contributed by atoms with Crippen molar-refractivity contribution in [2.75, 3.05) is 7.11 Å². The number of rotatable bonds is 4. The molecule has 0 aliphatic rings. The Hall–Kier alpha value is -3.22. The summed E-state index contributed by atoms with van der Waals surface area (Å²) < 4.78 is 9.79. The third kappa shape index (κ3) is 2.78. The smallest absolute Gasteiger partial charge is 0.347 e. The average Bonchev–Trinajstić information content (AvgIpc) is 2.49. The molecule has 0 unspecified atom stereocenters. The summed E-state index contributed by atoms with van der Waals surface area (Å²) in [6.07, 6.45) is 0. The van der Waals surface area contributed by atoms with E-state index in [2.05, 4.69) is 0 Å². The van der Waals surface area contributed by atoms with E-state index in [0.717, 1.165) is 0 Å². The summed E-state index contributed by atoms with van der Waals surface area (Å²) in [4.78, 5) is 23.2. The van der Waals surface area contributed by atoms with E-state index in [9.17, 15) is 19.8 Å². The molecule has 0 spiro atoms. The topological polar surface area (TPSA) is 113 Å². The Morgan fingerprint density at radius 1 is 1.00 bits per heavy atom. The van der Waals surface area contributed by atoms with Crippen LogP contribution in [0.4, 0.5) is 0 Å². The average molecular weight is 304 g/mol. The lowest BCUT2D eigenvalue weighted by molar-refractivity contribution is 0.0677. The van der Waals surface area contributed by atoms with Gasteiger partial charge in [0.2, 0.25) is 0 Å². The van der Waals surface area contributed by atoms with Gasteiger partial charge in [-0.05, 0) is 24.3 Å². The molecule has 0 saturated carbocycles. The summed E-state index contributed by atoms with van der Waals surface area (Å²) in [5.74, 6) is -3.78. The van der Waals surface area contributed by atoms with Crippen LogP contribution in [0, 0.1) is 0 Å². The van der Waals surface area contributed by atoms with Crippen molar-refractivity contribution in [3.05, 3.63) is 47.5 Å². The quantitative estimate of drug-likeness (QED) is 0.585. The van der Waals surface area contributed by atoms with Gasteiger partial charge in [-0.1, -0.05) is 12.1 Å². The van der Waals surface area contributed by atoms with Crippen molar-refractivity contribution in [2.45, 2.75) is 0 Å². The lowest BCUT2D eigenvalue weighted by atomic mass is 10.1. The first-order chi connectivity index (χ1) is 10.5. The molecular formula is C15H12O7. The van der Waals surface area contributed by atoms with Crippen LogP contribution in [0.15, 0.2) is 36.4 Å². The Morgan fingerprint density at radius 2 is 1.64 bits per heavy atom. The molecule has 2 aromatic rings. The molecule has 0 atom stereocenters. The first-order valence-electron chi connectivity index (χ1n) is 6.09. The minimum Gasteiger partial charge on any atom is -0.504 e. The van der Waals surface area contributed by atoms with Gasteiger partial charge in [0.1, 0.15) is 11.1 Å². The number of carbonyl (C=O) groups excluding carboxylic acids is 1. The number of methoxy groups -OCH3 is 1. The summed E-state index contributed by atoms with van der Waals surface area (Å²) in [5.41, 5.74) is -0.602. The van der Waals surface area contributed by atoms with Gasteiger partial charge < -0.3 is 24.8 Å². The van der Waals surface area contributed by atoms with Gasteiger partial charge in [-0.2, -0.15) is 0 Å². The summed E-state index contributed by atoms with van der Waals surface area (Å²) in [7, 11) is 1.32. The van der Waals surface area contributed by atoms with Crippen LogP contribution < -0.4 is 9.47 Å². The molecule has 0 aliphatic carbocycles. The minimum absolute atomic E-state index is 0.0604. The highest BCUT2D eigenvalue weighted by molar-refractivity contribution is 5.98. The second kappa shape index (κ2) is 6.04. The molecule has 7 nitrogen and oxygen atoms in total. The lowest BCUT2D eigenvalue weighted by Gasteiger charge is -2.11. The van der Waals surface area contributed by atoms with E-state index < -0.39 is 29.2 Å². The number of carboxylic acid groups (broad SMARTS) is 1. The number of para-hydroxylation sites is 2. The van der Waals surface area contributed by atoms with E-state index in [1.165, 1.54) is 43.5 Å². The van der Waals surface area contributed by atoms with E-state index in [1.54, 1.807) is 0 Å². The fraction of sp³-hybridized carbons (Fsp3) is 0.0667. The van der Waals surface area contributed by atoms with E-state index in [4.69, 9.17) is 14.6 Å². The molecule has 114 valence electrons. The molecule has 0 radical (unpaired) electrons. The first kappa shape index (κ1) is 15.2. The number of phenolic OH excluding ortho intramolecular Hbond substituents is 2. The zero-order chi connectivity index (χ0) is 16.3. The molecule has 0 fully saturated rings. The minimum atomic E-state index is -1.37. The Balaban J connectivity index is 2.40. The fourth-order valence-corrected chi connectivity index (χ4v) is 1.80. The second-order valence-corrected chi connectivity index (χ2v) is 4.20. The van der Waals surface area contributed by atoms with Gasteiger partial charge in [0.15, 0.2) is 23.0 Å². The number of hydrogen-bond acceptors (Lipinski definition) is 6. The molecule has 2 aromatic carbocycles. The van der Waals surface area contributed by atoms with Gasteiger partial charge in [0.05, 0.1) is 7.11 Å². The molecule has 7 heteroatoms. The Kier molecular flexibility index (Phi) is 4.17. The maximum Gasteiger partial charge on any atom is 0.347 e. The van der Waals surface area contributed by atoms with Crippen LogP contribution in [-0.2, 0) is 0 Å². The molecule has 0 heterocycles. The summed E-state index contributed by atoms with van der Waals surface area (Å²) in [5, 5.41) is 28.6. The summed E-state index contributed by atoms with van der Waals surface area (Å²) in [6.45, 7) is 0. The van der Waals surface area contributed by atoms with Gasteiger partial charge in [-0.15, -0.1) is 0 Å². The molecule has 3 N–H and O–H groups in total. The van der Waals surface area contributed by atoms with Crippen LogP contribution in [0.1, 0.15) is 20.7 Å². The number of phenols is 2. The van der Waals surface area contributed by atoms with Gasteiger partial charge >= 0.3 is 11.9 Å². The predicted molar refractivity (Wildman–Crippen MR) is 74.7 cm³/mol. The molecule has 0 aromatic heterocycles. The number of carboxylic acids is 1. The largest absolute Gasteiger partial charge is 0.504 e. The van der Waals surface area contributed by atoms with E-state index >= 15 is 0 Å². The highest BCUT2D eigenvalue weighted by Gasteiger charge is 2.22. The normalized spacial score (nSPS) is 10.0. The van der Waals surface area contributed by atoms with Crippen molar-refractivity contribution in [3.8, 4) is 23.0 Å². The second-order valence-electron chi connectivity index (χ2n) is 4.20. The lowest BCUT2D eigenvalue weighted by Crippen LogP contribution is -2.12. The zero-order valence-corrected chi connectivity index (χ0v) is 11.4. The third-order valence-corrected chi connectivity index (χ3v) is 2.86. The van der Waals surface area contributed by atoms with E-state index in [0.29, 0.717) is 0 Å². The summed E-state index contributed by atoms with van der Waals surface area (Å²) >= 11 is 0. The zero-order valence-electron chi connectivity index (χ0n) is 11.4. The molecule has 22 heavy (non-hydrogen) atoms. The number of hydrogen-bond donors (Lipinski definition) is 3. The maximum absolute atomic E-state index is 12.1. The van der Waals surface area contributed by atoms with Crippen molar-refractivity contribution < 1.29 is 34.4 Å². The Morgan fingerprint density at radius 3 is 2.27 bits per heavy atom. The van der Waals surface area contributed by atoms with E-state index in [-0.39, 0.29) is 16.9 Å². The number of benzene rings is 2. The van der Waals surface area contributed by atoms with Crippen LogP contribution in [0.2, 0.25) is 0 Å². The molecule has 0 bridgehead atoms. The van der Waals surface area contributed by atoms with Gasteiger partial charge in [0.25, 0.3) is 0 Å². The van der Waals surface area contributed by atoms with Crippen molar-refractivity contribution in [1.29, 1.82) is 0 Å². The molecule has 0 saturated heterocycles. The van der Waals surface area contributed by atoms with Crippen LogP contribution in [-0.4, -0.2) is 34.4 Å². The van der Waals surface area contributed by atoms with Crippen LogP contribution >= 0.6 is 0 Å². The molecule has 0 aliphatic heterocycles. The molecule has 0 amide bonds. The van der Waals surface area contributed by atoms with Gasteiger partial charge in [-0.25, -0.2) is 9.59 Å². The first-order valence-corrected chi connectivity index (χ1v) is 6.09. The van der Waals surface area contributed by atoms with Crippen molar-refractivity contribution in [3.63, 3.8) is 0 Å². The molecular weight excluding hydrogens is 292 g/mol. The van der Waals surface area contributed by atoms with E-state index in [1.807, 2.05) is 0 Å². The third-order valence-electron chi connectivity index (χ3n) is 2.86. The fourth-order valence-electron chi connectivity index (χ4n) is 1.80. The highest BCUT2D eigenvalue weighted by atomic mass is 16.5. The Bertz CT molecular complexity index is 737. The number of aromatic hydroxyl groups is 2. The standard InChI is InChI=1S/C15H12O7/c1-21-11-7-3-4-8(12(11)17)15(20)22-13-9(14(18)19)5-2-6-10(13)16/h2-7,16-17H,1H3,(H,18,19). The number of aromatic carboxylic acids is 1. The van der Waals surface area contributed by atoms with Crippen LogP contribution in [0.3, 0.4) is 0 Å². The maximum atomic E-state index is 12.1. The van der Waals surface area contributed by atoms with Crippen LogP contribution in [0.5, 0.6) is 23.0 Å². The summed E-state index contributed by atoms with van der Waals surface area (Å²) in [6, 6.07) is 7.84. The number of ether oxygens (including phenoxy) is 2. The van der Waals surface area contributed by atoms with Crippen molar-refractivity contribution >= 4 is 11.9 Å². The van der Waals surface area contributed by atoms with Crippen molar-refractivity contribution in [1.82, 2.24) is 0 Å². The Labute approximate surface area is 125 Å². The predicted octanol–water partition coefficient (Wildman–Crippen LogP) is 2.02. The van der Waals surface area contributed by atoms with Gasteiger partial charge in [0, 0.05) is 0 Å². The van der Waals surface area contributed by atoms with Crippen LogP contribution in [0.25, 0.3) is 0 Å². The SMILES string of the molecule is COc1cccc(C(=O)Oc2c(O)cccc2C(=O)O)c1O. The van der Waals surface area contributed by atoms with Gasteiger partial charge in [-0.3, -0.25) is 0 Å². The highest BCUT2D eigenvalue weighted by Crippen LogP contribution is 2.34. The monoisotopic (exact) mass is 304 g/mol. The number of carbonyl (C=O) groups is 2.